The molecule has 1 aromatic heterocycles. The first-order valence-electron chi connectivity index (χ1n) is 10.5. The molecule has 2 saturated carbocycles. The number of hydrogen-bond acceptors (Lipinski definition) is 7. The maximum atomic E-state index is 13.0. The van der Waals surface area contributed by atoms with E-state index in [1.54, 1.807) is 24.3 Å². The molecule has 0 unspecified atom stereocenters. The molecule has 2 heterocycles. The van der Waals surface area contributed by atoms with Gasteiger partial charge in [-0.05, 0) is 54.4 Å². The molecular formula is C23H19N3O6. The SMILES string of the molecule is COc1ccc(-c2ccc(/C=N/N3C(=O)[C@@H]4[C@@H]5C=C[C@H]([C@H]6C[C@H]56)[C@@H]4C3=O)o2)c([N+](=O)[O-])c1. The summed E-state index contributed by atoms with van der Waals surface area (Å²) in [6.45, 7) is 0. The molecule has 0 N–H and O–H groups in total. The van der Waals surface area contributed by atoms with Crippen molar-refractivity contribution in [3.63, 3.8) is 0 Å². The number of carbonyl (C=O) groups excluding carboxylic acids is 2. The van der Waals surface area contributed by atoms with E-state index in [4.69, 9.17) is 9.15 Å². The molecule has 162 valence electrons. The lowest BCUT2D eigenvalue weighted by Crippen LogP contribution is -2.40. The lowest BCUT2D eigenvalue weighted by atomic mass is 9.63. The van der Waals surface area contributed by atoms with Crippen LogP contribution in [0.1, 0.15) is 12.2 Å². The van der Waals surface area contributed by atoms with E-state index in [-0.39, 0.29) is 58.3 Å². The molecule has 0 radical (unpaired) electrons. The summed E-state index contributed by atoms with van der Waals surface area (Å²) in [5, 5.41) is 16.6. The number of allylic oxidation sites excluding steroid dienone is 2. The first-order valence-corrected chi connectivity index (χ1v) is 10.5. The van der Waals surface area contributed by atoms with Crippen LogP contribution in [0.4, 0.5) is 5.69 Å². The zero-order valence-electron chi connectivity index (χ0n) is 17.1. The average molecular weight is 433 g/mol. The topological polar surface area (TPSA) is 115 Å². The number of methoxy groups -OCH3 is 1. The molecule has 0 spiro atoms. The zero-order chi connectivity index (χ0) is 22.1. The predicted molar refractivity (Wildman–Crippen MR) is 111 cm³/mol. The fourth-order valence-electron chi connectivity index (χ4n) is 5.73. The van der Waals surface area contributed by atoms with Crippen molar-refractivity contribution in [2.24, 2.45) is 40.6 Å². The van der Waals surface area contributed by atoms with Crippen molar-refractivity contribution >= 4 is 23.7 Å². The lowest BCUT2D eigenvalue weighted by Gasteiger charge is -2.37. The van der Waals surface area contributed by atoms with Gasteiger partial charge in [-0.1, -0.05) is 12.2 Å². The van der Waals surface area contributed by atoms with Gasteiger partial charge in [0.1, 0.15) is 17.3 Å². The van der Waals surface area contributed by atoms with Gasteiger partial charge in [0.25, 0.3) is 17.5 Å². The van der Waals surface area contributed by atoms with E-state index < -0.39 is 4.92 Å². The van der Waals surface area contributed by atoms with Crippen molar-refractivity contribution < 1.29 is 23.7 Å². The number of nitrogens with zero attached hydrogens (tertiary/aromatic N) is 3. The minimum atomic E-state index is -0.510. The van der Waals surface area contributed by atoms with Crippen LogP contribution in [0.3, 0.4) is 0 Å². The molecule has 4 aliphatic carbocycles. The number of imide groups is 1. The third-order valence-corrected chi connectivity index (χ3v) is 7.23. The predicted octanol–water partition coefficient (Wildman–Crippen LogP) is 3.25. The normalized spacial score (nSPS) is 31.8. The smallest absolute Gasteiger partial charge is 0.284 e. The van der Waals surface area contributed by atoms with Crippen molar-refractivity contribution in [2.45, 2.75) is 6.42 Å². The van der Waals surface area contributed by atoms with Gasteiger partial charge in [0.2, 0.25) is 0 Å². The third kappa shape index (κ3) is 2.60. The number of ether oxygens (including phenoxy) is 1. The Morgan fingerprint density at radius 2 is 1.81 bits per heavy atom. The van der Waals surface area contributed by atoms with Crippen molar-refractivity contribution in [3.8, 4) is 17.1 Å². The number of nitro benzene ring substituents is 1. The van der Waals surface area contributed by atoms with Crippen LogP contribution in [-0.2, 0) is 9.59 Å². The quantitative estimate of drug-likeness (QED) is 0.235. The highest BCUT2D eigenvalue weighted by atomic mass is 16.6. The monoisotopic (exact) mass is 433 g/mol. The number of rotatable bonds is 5. The molecule has 1 aliphatic heterocycles. The number of nitro groups is 1. The van der Waals surface area contributed by atoms with Crippen LogP contribution >= 0.6 is 0 Å². The van der Waals surface area contributed by atoms with E-state index in [1.807, 2.05) is 0 Å². The van der Waals surface area contributed by atoms with E-state index in [9.17, 15) is 19.7 Å². The Bertz CT molecular complexity index is 1190. The summed E-state index contributed by atoms with van der Waals surface area (Å²) in [7, 11) is 1.43. The van der Waals surface area contributed by atoms with Gasteiger partial charge >= 0.3 is 0 Å². The maximum Gasteiger partial charge on any atom is 0.284 e. The van der Waals surface area contributed by atoms with Gasteiger partial charge in [-0.15, -0.1) is 0 Å². The minimum absolute atomic E-state index is 0.137. The Morgan fingerprint density at radius 3 is 2.44 bits per heavy atom. The van der Waals surface area contributed by atoms with Crippen molar-refractivity contribution in [1.82, 2.24) is 5.01 Å². The van der Waals surface area contributed by atoms with E-state index >= 15 is 0 Å². The maximum absolute atomic E-state index is 13.0. The summed E-state index contributed by atoms with van der Waals surface area (Å²) in [5.41, 5.74) is 0.134. The molecule has 9 heteroatoms. The number of amides is 2. The molecule has 9 nitrogen and oxygen atoms in total. The molecule has 32 heavy (non-hydrogen) atoms. The molecule has 2 amide bonds. The number of carbonyl (C=O) groups is 2. The van der Waals surface area contributed by atoms with Crippen LogP contribution < -0.4 is 4.74 Å². The summed E-state index contributed by atoms with van der Waals surface area (Å²) in [5.74, 6) is 1.12. The highest BCUT2D eigenvalue weighted by Gasteiger charge is 2.67. The largest absolute Gasteiger partial charge is 0.497 e. The van der Waals surface area contributed by atoms with Gasteiger partial charge in [0.05, 0.1) is 41.7 Å². The van der Waals surface area contributed by atoms with Gasteiger partial charge < -0.3 is 9.15 Å². The fourth-order valence-corrected chi connectivity index (χ4v) is 5.73. The van der Waals surface area contributed by atoms with Gasteiger partial charge in [-0.3, -0.25) is 19.7 Å². The number of hydrogen-bond donors (Lipinski definition) is 0. The first kappa shape index (κ1) is 19.0. The molecule has 1 saturated heterocycles. The van der Waals surface area contributed by atoms with Gasteiger partial charge in [-0.25, -0.2) is 0 Å². The second-order valence-electron chi connectivity index (χ2n) is 8.73. The summed E-state index contributed by atoms with van der Waals surface area (Å²) < 4.78 is 10.8. The summed E-state index contributed by atoms with van der Waals surface area (Å²) in [6.07, 6.45) is 6.63. The molecule has 2 bridgehead atoms. The van der Waals surface area contributed by atoms with Crippen LogP contribution in [-0.4, -0.2) is 35.1 Å². The van der Waals surface area contributed by atoms with Crippen molar-refractivity contribution in [2.75, 3.05) is 7.11 Å². The molecule has 3 fully saturated rings. The average Bonchev–Trinajstić information content (AvgIpc) is 3.44. The van der Waals surface area contributed by atoms with Crippen LogP contribution in [0.25, 0.3) is 11.3 Å². The van der Waals surface area contributed by atoms with Crippen LogP contribution in [0.5, 0.6) is 5.75 Å². The van der Waals surface area contributed by atoms with Crippen LogP contribution in [0, 0.1) is 45.6 Å². The molecular weight excluding hydrogens is 414 g/mol. The lowest BCUT2D eigenvalue weighted by molar-refractivity contribution is -0.384. The van der Waals surface area contributed by atoms with Crippen molar-refractivity contribution in [1.29, 1.82) is 0 Å². The van der Waals surface area contributed by atoms with E-state index in [0.29, 0.717) is 17.6 Å². The van der Waals surface area contributed by atoms with E-state index in [0.717, 1.165) is 11.4 Å². The fraction of sp³-hybridized carbons (Fsp3) is 0.348. The van der Waals surface area contributed by atoms with Gasteiger partial charge in [0.15, 0.2) is 0 Å². The Balaban J connectivity index is 1.25. The Kier molecular flexibility index (Phi) is 3.93. The second-order valence-corrected chi connectivity index (χ2v) is 8.73. The second kappa shape index (κ2) is 6.62. The van der Waals surface area contributed by atoms with Gasteiger partial charge in [0, 0.05) is 0 Å². The number of furan rings is 1. The summed E-state index contributed by atoms with van der Waals surface area (Å²) >= 11 is 0. The number of benzene rings is 1. The Hall–Kier alpha value is -3.75. The van der Waals surface area contributed by atoms with E-state index in [2.05, 4.69) is 17.3 Å². The van der Waals surface area contributed by atoms with E-state index in [1.165, 1.54) is 19.4 Å². The van der Waals surface area contributed by atoms with Crippen LogP contribution in [0.15, 0.2) is 52.0 Å². The zero-order valence-corrected chi connectivity index (χ0v) is 17.1. The summed E-state index contributed by atoms with van der Waals surface area (Å²) in [6, 6.07) is 7.65. The summed E-state index contributed by atoms with van der Waals surface area (Å²) in [4.78, 5) is 36.9. The standard InChI is InChI=1S/C23H19N3O6/c1-31-11-2-4-15(18(8-11)26(29)30)19-7-3-12(32-19)10-24-25-22(27)20-13-5-6-14(17-9-16(13)17)21(20)23(25)28/h2-8,10,13-14,16-17,20-21H,9H2,1H3/b24-10+/t13-,14-,16-,17-,20-,21+/m1/s1. The molecule has 7 rings (SSSR count). The van der Waals surface area contributed by atoms with Gasteiger partial charge in [-0.2, -0.15) is 10.1 Å². The van der Waals surface area contributed by atoms with Crippen molar-refractivity contribution in [3.05, 3.63) is 58.4 Å². The minimum Gasteiger partial charge on any atom is -0.497 e. The molecule has 2 aromatic rings. The molecule has 1 aromatic carbocycles. The number of hydrazone groups is 1. The molecule has 5 aliphatic rings. The third-order valence-electron chi connectivity index (χ3n) is 7.23. The highest BCUT2D eigenvalue weighted by molar-refractivity contribution is 6.06. The Morgan fingerprint density at radius 1 is 1.12 bits per heavy atom. The molecule has 6 atom stereocenters. The highest BCUT2D eigenvalue weighted by Crippen LogP contribution is 2.65. The van der Waals surface area contributed by atoms with Crippen LogP contribution in [0.2, 0.25) is 0 Å². The first-order chi connectivity index (χ1) is 15.5. The Labute approximate surface area is 182 Å².